The third-order valence-electron chi connectivity index (χ3n) is 2.90. The third kappa shape index (κ3) is 1.32. The molecular formula is C14H13N. The highest BCUT2D eigenvalue weighted by molar-refractivity contribution is 5.68. The minimum Gasteiger partial charge on any atom is -0.337 e. The summed E-state index contributed by atoms with van der Waals surface area (Å²) in [5.41, 5.74) is 5.34. The van der Waals surface area contributed by atoms with Crippen LogP contribution in [0.15, 0.2) is 65.4 Å². The number of nitrogens with zero attached hydrogens (tertiary/aromatic N) is 1. The van der Waals surface area contributed by atoms with E-state index in [1.165, 1.54) is 22.5 Å². The average molecular weight is 195 g/mol. The van der Waals surface area contributed by atoms with Crippen molar-refractivity contribution in [3.63, 3.8) is 0 Å². The molecule has 2 aliphatic rings. The highest BCUT2D eigenvalue weighted by Crippen LogP contribution is 2.34. The highest BCUT2D eigenvalue weighted by Gasteiger charge is 2.22. The van der Waals surface area contributed by atoms with Crippen molar-refractivity contribution in [2.45, 2.75) is 6.92 Å². The van der Waals surface area contributed by atoms with Gasteiger partial charge in [-0.2, -0.15) is 0 Å². The molecule has 1 aliphatic heterocycles. The number of anilines is 1. The standard InChI is InChI=1S/C14H13N/c1-11-9-12-7-8-15(14(12)10-11)13-5-3-2-4-6-13/h2-7,9-10H,8H2,1H3. The Morgan fingerprint density at radius 3 is 2.67 bits per heavy atom. The van der Waals surface area contributed by atoms with E-state index in [9.17, 15) is 0 Å². The van der Waals surface area contributed by atoms with Gasteiger partial charge in [-0.05, 0) is 36.3 Å². The molecule has 0 amide bonds. The number of allylic oxidation sites excluding steroid dienone is 3. The lowest BCUT2D eigenvalue weighted by atomic mass is 10.2. The molecule has 15 heavy (non-hydrogen) atoms. The molecule has 0 aromatic heterocycles. The summed E-state index contributed by atoms with van der Waals surface area (Å²) in [4.78, 5) is 2.35. The smallest absolute Gasteiger partial charge is 0.0487 e. The summed E-state index contributed by atoms with van der Waals surface area (Å²) >= 11 is 0. The maximum atomic E-state index is 2.35. The summed E-state index contributed by atoms with van der Waals surface area (Å²) < 4.78 is 0. The first-order chi connectivity index (χ1) is 7.34. The van der Waals surface area contributed by atoms with E-state index in [-0.39, 0.29) is 0 Å². The van der Waals surface area contributed by atoms with Crippen LogP contribution in [0.25, 0.3) is 0 Å². The van der Waals surface area contributed by atoms with Crippen LogP contribution in [0.5, 0.6) is 0 Å². The molecule has 0 radical (unpaired) electrons. The van der Waals surface area contributed by atoms with Crippen LogP contribution in [-0.2, 0) is 0 Å². The number of fused-ring (bicyclic) bond motifs is 1. The minimum atomic E-state index is 0.995. The molecule has 1 aromatic carbocycles. The molecule has 0 N–H and O–H groups in total. The van der Waals surface area contributed by atoms with Crippen molar-refractivity contribution in [3.05, 3.63) is 65.4 Å². The van der Waals surface area contributed by atoms with Gasteiger partial charge in [-0.1, -0.05) is 30.4 Å². The number of benzene rings is 1. The first kappa shape index (κ1) is 8.54. The van der Waals surface area contributed by atoms with Gasteiger partial charge in [0.05, 0.1) is 0 Å². The van der Waals surface area contributed by atoms with E-state index in [0.29, 0.717) is 0 Å². The SMILES string of the molecule is CC1=CC2=CCN(c3ccccc3)C2=C1. The van der Waals surface area contributed by atoms with Crippen molar-refractivity contribution in [2.24, 2.45) is 0 Å². The molecule has 1 nitrogen and oxygen atoms in total. The molecule has 0 fully saturated rings. The van der Waals surface area contributed by atoms with E-state index in [0.717, 1.165) is 6.54 Å². The van der Waals surface area contributed by atoms with E-state index in [1.54, 1.807) is 0 Å². The summed E-state index contributed by atoms with van der Waals surface area (Å²) in [5.74, 6) is 0. The lowest BCUT2D eigenvalue weighted by Crippen LogP contribution is -2.16. The predicted molar refractivity (Wildman–Crippen MR) is 63.7 cm³/mol. The second kappa shape index (κ2) is 3.13. The Kier molecular flexibility index (Phi) is 1.78. The number of rotatable bonds is 1. The molecular weight excluding hydrogens is 182 g/mol. The van der Waals surface area contributed by atoms with Gasteiger partial charge in [0.2, 0.25) is 0 Å². The lowest BCUT2D eigenvalue weighted by molar-refractivity contribution is 1.09. The summed E-state index contributed by atoms with van der Waals surface area (Å²) in [7, 11) is 0. The van der Waals surface area contributed by atoms with Crippen LogP contribution in [0, 0.1) is 0 Å². The Bertz CT molecular complexity index is 477. The monoisotopic (exact) mass is 195 g/mol. The molecule has 0 saturated carbocycles. The van der Waals surface area contributed by atoms with Crippen LogP contribution in [-0.4, -0.2) is 6.54 Å². The maximum Gasteiger partial charge on any atom is 0.0487 e. The zero-order valence-corrected chi connectivity index (χ0v) is 8.77. The van der Waals surface area contributed by atoms with Crippen molar-refractivity contribution >= 4 is 5.69 Å². The van der Waals surface area contributed by atoms with Gasteiger partial charge in [-0.3, -0.25) is 0 Å². The first-order valence-electron chi connectivity index (χ1n) is 5.28. The van der Waals surface area contributed by atoms with Crippen molar-refractivity contribution in [3.8, 4) is 0 Å². The van der Waals surface area contributed by atoms with E-state index in [4.69, 9.17) is 0 Å². The fourth-order valence-corrected chi connectivity index (χ4v) is 2.20. The van der Waals surface area contributed by atoms with Gasteiger partial charge in [0, 0.05) is 17.9 Å². The van der Waals surface area contributed by atoms with E-state index in [2.05, 4.69) is 60.4 Å². The Labute approximate surface area is 90.0 Å². The normalized spacial score (nSPS) is 18.5. The zero-order chi connectivity index (χ0) is 10.3. The molecule has 1 aliphatic carbocycles. The van der Waals surface area contributed by atoms with Crippen molar-refractivity contribution in [1.29, 1.82) is 0 Å². The minimum absolute atomic E-state index is 0.995. The Morgan fingerprint density at radius 2 is 1.87 bits per heavy atom. The van der Waals surface area contributed by atoms with Gasteiger partial charge >= 0.3 is 0 Å². The average Bonchev–Trinajstić information content (AvgIpc) is 2.77. The van der Waals surface area contributed by atoms with Gasteiger partial charge in [0.1, 0.15) is 0 Å². The van der Waals surface area contributed by atoms with E-state index < -0.39 is 0 Å². The van der Waals surface area contributed by atoms with Crippen LogP contribution >= 0.6 is 0 Å². The summed E-state index contributed by atoms with van der Waals surface area (Å²) in [6.07, 6.45) is 6.79. The Hall–Kier alpha value is -1.76. The van der Waals surface area contributed by atoms with Crippen LogP contribution in [0.1, 0.15) is 6.92 Å². The number of hydrogen-bond donors (Lipinski definition) is 0. The van der Waals surface area contributed by atoms with Gasteiger partial charge in [-0.25, -0.2) is 0 Å². The molecule has 3 rings (SSSR count). The zero-order valence-electron chi connectivity index (χ0n) is 8.77. The van der Waals surface area contributed by atoms with Crippen molar-refractivity contribution < 1.29 is 0 Å². The molecule has 0 bridgehead atoms. The van der Waals surface area contributed by atoms with Gasteiger partial charge in [0.15, 0.2) is 0 Å². The molecule has 1 aromatic rings. The lowest BCUT2D eigenvalue weighted by Gasteiger charge is -2.20. The topological polar surface area (TPSA) is 3.24 Å². The molecule has 74 valence electrons. The molecule has 0 unspecified atom stereocenters. The fourth-order valence-electron chi connectivity index (χ4n) is 2.20. The van der Waals surface area contributed by atoms with Crippen LogP contribution in [0.2, 0.25) is 0 Å². The Balaban J connectivity index is 1.98. The molecule has 0 spiro atoms. The third-order valence-corrected chi connectivity index (χ3v) is 2.90. The summed E-state index contributed by atoms with van der Waals surface area (Å²) in [6.45, 7) is 3.14. The summed E-state index contributed by atoms with van der Waals surface area (Å²) in [6, 6.07) is 10.5. The first-order valence-corrected chi connectivity index (χ1v) is 5.28. The second-order valence-electron chi connectivity index (χ2n) is 4.02. The maximum absolute atomic E-state index is 2.35. The largest absolute Gasteiger partial charge is 0.337 e. The Morgan fingerprint density at radius 1 is 1.07 bits per heavy atom. The van der Waals surface area contributed by atoms with Gasteiger partial charge < -0.3 is 4.90 Å². The van der Waals surface area contributed by atoms with E-state index >= 15 is 0 Å². The van der Waals surface area contributed by atoms with Gasteiger partial charge in [-0.15, -0.1) is 0 Å². The summed E-state index contributed by atoms with van der Waals surface area (Å²) in [5, 5.41) is 0. The fraction of sp³-hybridized carbons (Fsp3) is 0.143. The van der Waals surface area contributed by atoms with Crippen molar-refractivity contribution in [2.75, 3.05) is 11.4 Å². The molecule has 1 heteroatoms. The highest BCUT2D eigenvalue weighted by atomic mass is 15.2. The van der Waals surface area contributed by atoms with E-state index in [1.807, 2.05) is 0 Å². The molecule has 0 atom stereocenters. The predicted octanol–water partition coefficient (Wildman–Crippen LogP) is 3.28. The molecule has 1 heterocycles. The number of para-hydroxylation sites is 1. The van der Waals surface area contributed by atoms with Crippen LogP contribution in [0.4, 0.5) is 5.69 Å². The second-order valence-corrected chi connectivity index (χ2v) is 4.02. The van der Waals surface area contributed by atoms with Gasteiger partial charge in [0.25, 0.3) is 0 Å². The van der Waals surface area contributed by atoms with Crippen molar-refractivity contribution in [1.82, 2.24) is 0 Å². The molecule has 0 saturated heterocycles. The van der Waals surface area contributed by atoms with Crippen LogP contribution < -0.4 is 4.90 Å². The van der Waals surface area contributed by atoms with Crippen LogP contribution in [0.3, 0.4) is 0 Å². The number of hydrogen-bond acceptors (Lipinski definition) is 1. The quantitative estimate of drug-likeness (QED) is 0.664.